The van der Waals surface area contributed by atoms with Gasteiger partial charge in [-0.05, 0) is 27.7 Å². The molecule has 0 atom stereocenters. The number of hydrogen-bond donors (Lipinski definition) is 0. The summed E-state index contributed by atoms with van der Waals surface area (Å²) in [7, 11) is 0. The number of amidine groups is 1. The van der Waals surface area contributed by atoms with Crippen molar-refractivity contribution < 1.29 is 4.74 Å². The number of morpholine rings is 1. The van der Waals surface area contributed by atoms with Gasteiger partial charge in [0.25, 0.3) is 0 Å². The molecule has 1 aliphatic rings. The maximum Gasteiger partial charge on any atom is 0.0965 e. The fourth-order valence-electron chi connectivity index (χ4n) is 1.44. The van der Waals surface area contributed by atoms with Gasteiger partial charge in [0.2, 0.25) is 0 Å². The number of hydrogen-bond acceptors (Lipinski definition) is 2. The molecule has 1 fully saturated rings. The lowest BCUT2D eigenvalue weighted by atomic mass is 10.1. The summed E-state index contributed by atoms with van der Waals surface area (Å²) in [5, 5.41) is 0. The van der Waals surface area contributed by atoms with Gasteiger partial charge in [0.15, 0.2) is 0 Å². The molecule has 76 valence electrons. The summed E-state index contributed by atoms with van der Waals surface area (Å²) in [6, 6.07) is 0. The van der Waals surface area contributed by atoms with Crippen LogP contribution in [0.3, 0.4) is 0 Å². The zero-order valence-electron chi connectivity index (χ0n) is 9.13. The fourth-order valence-corrected chi connectivity index (χ4v) is 1.44. The molecule has 0 N–H and O–H groups in total. The van der Waals surface area contributed by atoms with Crippen LogP contribution in [0, 0.1) is 0 Å². The molecule has 13 heavy (non-hydrogen) atoms. The van der Waals surface area contributed by atoms with E-state index < -0.39 is 0 Å². The highest BCUT2D eigenvalue weighted by Crippen LogP contribution is 2.09. The van der Waals surface area contributed by atoms with Crippen LogP contribution in [0.5, 0.6) is 0 Å². The van der Waals surface area contributed by atoms with Gasteiger partial charge < -0.3 is 9.64 Å². The van der Waals surface area contributed by atoms with Gasteiger partial charge in [-0.1, -0.05) is 0 Å². The van der Waals surface area contributed by atoms with Crippen LogP contribution in [0.15, 0.2) is 4.99 Å². The van der Waals surface area contributed by atoms with Crippen molar-refractivity contribution in [1.82, 2.24) is 4.90 Å². The molecule has 0 aromatic heterocycles. The minimum atomic E-state index is 0.0301. The molecule has 0 bridgehead atoms. The summed E-state index contributed by atoms with van der Waals surface area (Å²) in [6.07, 6.45) is 0. The van der Waals surface area contributed by atoms with Crippen molar-refractivity contribution in [2.24, 2.45) is 4.99 Å². The monoisotopic (exact) mass is 184 g/mol. The summed E-state index contributed by atoms with van der Waals surface area (Å²) in [4.78, 5) is 6.91. The average Bonchev–Trinajstić information content (AvgIpc) is 2.03. The largest absolute Gasteiger partial charge is 0.378 e. The molecule has 0 amide bonds. The SMILES string of the molecule is C/C(=N\C(C)(C)C)N1CCOCC1. The molecule has 0 aromatic rings. The Morgan fingerprint density at radius 2 is 1.77 bits per heavy atom. The van der Waals surface area contributed by atoms with E-state index in [4.69, 9.17) is 4.74 Å². The van der Waals surface area contributed by atoms with E-state index in [1.54, 1.807) is 0 Å². The van der Waals surface area contributed by atoms with Crippen LogP contribution in [-0.2, 0) is 4.74 Å². The fraction of sp³-hybridized carbons (Fsp3) is 0.900. The van der Waals surface area contributed by atoms with Crippen molar-refractivity contribution in [3.63, 3.8) is 0 Å². The van der Waals surface area contributed by atoms with E-state index in [2.05, 4.69) is 37.6 Å². The van der Waals surface area contributed by atoms with Crippen LogP contribution in [0.1, 0.15) is 27.7 Å². The molecule has 0 radical (unpaired) electrons. The van der Waals surface area contributed by atoms with Crippen LogP contribution in [-0.4, -0.2) is 42.6 Å². The molecule has 0 spiro atoms. The standard InChI is InChI=1S/C10H20N2O/c1-9(11-10(2,3)4)12-5-7-13-8-6-12/h5-8H2,1-4H3/b11-9+. The predicted octanol–water partition coefficient (Wildman–Crippen LogP) is 1.54. The first-order valence-electron chi connectivity index (χ1n) is 4.88. The molecule has 3 nitrogen and oxygen atoms in total. The molecular weight excluding hydrogens is 164 g/mol. The first-order chi connectivity index (χ1) is 5.99. The summed E-state index contributed by atoms with van der Waals surface area (Å²) >= 11 is 0. The van der Waals surface area contributed by atoms with Crippen molar-refractivity contribution in [2.75, 3.05) is 26.3 Å². The second-order valence-corrected chi connectivity index (χ2v) is 4.43. The average molecular weight is 184 g/mol. The van der Waals surface area contributed by atoms with Crippen molar-refractivity contribution >= 4 is 5.84 Å². The Morgan fingerprint density at radius 3 is 2.23 bits per heavy atom. The lowest BCUT2D eigenvalue weighted by Crippen LogP contribution is -2.40. The highest BCUT2D eigenvalue weighted by atomic mass is 16.5. The first-order valence-corrected chi connectivity index (χ1v) is 4.88. The van der Waals surface area contributed by atoms with Crippen LogP contribution in [0.25, 0.3) is 0 Å². The van der Waals surface area contributed by atoms with Gasteiger partial charge in [-0.2, -0.15) is 0 Å². The van der Waals surface area contributed by atoms with Gasteiger partial charge in [0.1, 0.15) is 0 Å². The van der Waals surface area contributed by atoms with Crippen molar-refractivity contribution in [1.29, 1.82) is 0 Å². The van der Waals surface area contributed by atoms with Gasteiger partial charge in [-0.3, -0.25) is 4.99 Å². The predicted molar refractivity (Wildman–Crippen MR) is 55.3 cm³/mol. The number of rotatable bonds is 0. The summed E-state index contributed by atoms with van der Waals surface area (Å²) in [6.45, 7) is 12.1. The molecule has 0 unspecified atom stereocenters. The Bertz CT molecular complexity index is 188. The molecule has 0 aliphatic carbocycles. The van der Waals surface area contributed by atoms with Crippen LogP contribution < -0.4 is 0 Å². The van der Waals surface area contributed by atoms with Gasteiger partial charge in [0.05, 0.1) is 24.6 Å². The summed E-state index contributed by atoms with van der Waals surface area (Å²) in [5.74, 6) is 1.14. The molecule has 3 heteroatoms. The van der Waals surface area contributed by atoms with E-state index in [9.17, 15) is 0 Å². The van der Waals surface area contributed by atoms with Gasteiger partial charge >= 0.3 is 0 Å². The Labute approximate surface area is 80.8 Å². The van der Waals surface area contributed by atoms with Gasteiger partial charge in [-0.25, -0.2) is 0 Å². The van der Waals surface area contributed by atoms with Crippen LogP contribution in [0.2, 0.25) is 0 Å². The number of ether oxygens (including phenoxy) is 1. The lowest BCUT2D eigenvalue weighted by Gasteiger charge is -2.30. The molecule has 1 aliphatic heterocycles. The van der Waals surface area contributed by atoms with E-state index in [0.717, 1.165) is 32.1 Å². The molecular formula is C10H20N2O. The van der Waals surface area contributed by atoms with E-state index >= 15 is 0 Å². The zero-order chi connectivity index (χ0) is 9.90. The molecule has 1 heterocycles. The Balaban J connectivity index is 2.54. The smallest absolute Gasteiger partial charge is 0.0965 e. The highest BCUT2D eigenvalue weighted by Gasteiger charge is 2.14. The Morgan fingerprint density at radius 1 is 1.23 bits per heavy atom. The van der Waals surface area contributed by atoms with E-state index in [-0.39, 0.29) is 5.54 Å². The van der Waals surface area contributed by atoms with Crippen molar-refractivity contribution in [2.45, 2.75) is 33.2 Å². The third kappa shape index (κ3) is 3.77. The quantitative estimate of drug-likeness (QED) is 0.421. The minimum absolute atomic E-state index is 0.0301. The Kier molecular flexibility index (Phi) is 3.31. The van der Waals surface area contributed by atoms with E-state index in [1.165, 1.54) is 0 Å². The van der Waals surface area contributed by atoms with Gasteiger partial charge in [-0.15, -0.1) is 0 Å². The third-order valence-corrected chi connectivity index (χ3v) is 1.97. The molecule has 0 aromatic carbocycles. The summed E-state index contributed by atoms with van der Waals surface area (Å²) in [5.41, 5.74) is 0.0301. The molecule has 0 saturated carbocycles. The van der Waals surface area contributed by atoms with E-state index in [0.29, 0.717) is 0 Å². The normalized spacial score (nSPS) is 20.6. The lowest BCUT2D eigenvalue weighted by molar-refractivity contribution is 0.0674. The maximum atomic E-state index is 5.28. The van der Waals surface area contributed by atoms with E-state index in [1.807, 2.05) is 0 Å². The topological polar surface area (TPSA) is 24.8 Å². The molecule has 1 saturated heterocycles. The molecule has 1 rings (SSSR count). The summed E-state index contributed by atoms with van der Waals surface area (Å²) < 4.78 is 5.28. The van der Waals surface area contributed by atoms with Gasteiger partial charge in [0, 0.05) is 13.1 Å². The first kappa shape index (κ1) is 10.5. The Hall–Kier alpha value is -0.570. The van der Waals surface area contributed by atoms with Crippen molar-refractivity contribution in [3.05, 3.63) is 0 Å². The second kappa shape index (κ2) is 4.09. The zero-order valence-corrected chi connectivity index (χ0v) is 9.13. The highest BCUT2D eigenvalue weighted by molar-refractivity contribution is 5.80. The van der Waals surface area contributed by atoms with Crippen LogP contribution >= 0.6 is 0 Å². The van der Waals surface area contributed by atoms with Crippen molar-refractivity contribution in [3.8, 4) is 0 Å². The van der Waals surface area contributed by atoms with Crippen LogP contribution in [0.4, 0.5) is 0 Å². The third-order valence-electron chi connectivity index (χ3n) is 1.97. The number of nitrogens with zero attached hydrogens (tertiary/aromatic N) is 2. The number of aliphatic imine (C=N–C) groups is 1. The maximum absolute atomic E-state index is 5.28. The minimum Gasteiger partial charge on any atom is -0.378 e. The second-order valence-electron chi connectivity index (χ2n) is 4.43.